The summed E-state index contributed by atoms with van der Waals surface area (Å²) in [6.07, 6.45) is 10.1. The predicted octanol–water partition coefficient (Wildman–Crippen LogP) is 2.95. The summed E-state index contributed by atoms with van der Waals surface area (Å²) in [4.78, 5) is 0. The average Bonchev–Trinajstić information content (AvgIpc) is 1.91. The van der Waals surface area contributed by atoms with Gasteiger partial charge in [0.25, 0.3) is 0 Å². The third-order valence-electron chi connectivity index (χ3n) is 1.93. The number of hydrogen-bond donors (Lipinski definition) is 0. The van der Waals surface area contributed by atoms with Crippen LogP contribution in [0, 0.1) is 19.3 Å². The van der Waals surface area contributed by atoms with Gasteiger partial charge >= 0.3 is 0 Å². The van der Waals surface area contributed by atoms with Crippen LogP contribution in [0.4, 0.5) is 0 Å². The van der Waals surface area contributed by atoms with Gasteiger partial charge in [0.15, 0.2) is 0 Å². The third-order valence-corrected chi connectivity index (χ3v) is 1.93. The molecule has 1 rings (SSSR count). The second-order valence-corrected chi connectivity index (χ2v) is 2.72. The van der Waals surface area contributed by atoms with Gasteiger partial charge in [-0.25, -0.2) is 0 Å². The van der Waals surface area contributed by atoms with E-state index >= 15 is 0 Å². The van der Waals surface area contributed by atoms with Gasteiger partial charge in [0.2, 0.25) is 0 Å². The summed E-state index contributed by atoms with van der Waals surface area (Å²) >= 11 is 0. The molecule has 0 aliphatic heterocycles. The maximum atomic E-state index is 3.85. The molecule has 51 valence electrons. The van der Waals surface area contributed by atoms with Gasteiger partial charge in [0, 0.05) is 0 Å². The van der Waals surface area contributed by atoms with Crippen LogP contribution in [0.15, 0.2) is 0 Å². The molecule has 1 aliphatic carbocycles. The Morgan fingerprint density at radius 3 is 2.56 bits per heavy atom. The summed E-state index contributed by atoms with van der Waals surface area (Å²) in [5.41, 5.74) is 0. The van der Waals surface area contributed by atoms with Crippen molar-refractivity contribution in [2.75, 3.05) is 0 Å². The standard InChI is InChI=1S/C9H15/c1-2-6-9-7-4-3-5-8-9/h3H,1-2,4-8H2. The molecule has 0 heteroatoms. The monoisotopic (exact) mass is 123 g/mol. The fourth-order valence-corrected chi connectivity index (χ4v) is 1.38. The Bertz CT molecular complexity index is 57.7. The molecule has 0 nitrogen and oxygen atoms in total. The highest BCUT2D eigenvalue weighted by molar-refractivity contribution is 4.96. The van der Waals surface area contributed by atoms with E-state index in [1.165, 1.54) is 32.1 Å². The molecule has 1 aliphatic rings. The molecular formula is C9H15. The first kappa shape index (κ1) is 6.98. The molecule has 0 aromatic rings. The molecule has 0 aromatic heterocycles. The summed E-state index contributed by atoms with van der Waals surface area (Å²) < 4.78 is 0. The zero-order valence-corrected chi connectivity index (χ0v) is 6.03. The topological polar surface area (TPSA) is 0 Å². The van der Waals surface area contributed by atoms with E-state index in [1.54, 1.807) is 5.92 Å². The van der Waals surface area contributed by atoms with Crippen molar-refractivity contribution in [2.45, 2.75) is 38.5 Å². The van der Waals surface area contributed by atoms with E-state index in [0.717, 1.165) is 6.42 Å². The van der Waals surface area contributed by atoms with Crippen LogP contribution in [0.2, 0.25) is 0 Å². The van der Waals surface area contributed by atoms with E-state index in [-0.39, 0.29) is 0 Å². The Morgan fingerprint density at radius 1 is 1.33 bits per heavy atom. The highest BCUT2D eigenvalue weighted by Gasteiger charge is 2.16. The van der Waals surface area contributed by atoms with Gasteiger partial charge in [0.05, 0.1) is 19.3 Å². The molecule has 0 amide bonds. The van der Waals surface area contributed by atoms with Gasteiger partial charge < -0.3 is 6.92 Å². The molecule has 0 atom stereocenters. The Balaban J connectivity index is 2.08. The molecule has 0 heterocycles. The first-order valence-corrected chi connectivity index (χ1v) is 3.88. The molecule has 1 saturated carbocycles. The largest absolute Gasteiger partial charge is 0.343 e. The van der Waals surface area contributed by atoms with Crippen LogP contribution in [-0.2, 0) is 0 Å². The molecule has 1 radical (unpaired) electrons. The fourth-order valence-electron chi connectivity index (χ4n) is 1.38. The van der Waals surface area contributed by atoms with Gasteiger partial charge in [-0.3, -0.25) is 0 Å². The highest BCUT2D eigenvalue weighted by Crippen LogP contribution is 2.28. The first-order valence-electron chi connectivity index (χ1n) is 3.88. The lowest BCUT2D eigenvalue weighted by Gasteiger charge is -2.16. The second kappa shape index (κ2) is 3.81. The van der Waals surface area contributed by atoms with E-state index in [2.05, 4.69) is 13.3 Å². The summed E-state index contributed by atoms with van der Waals surface area (Å²) in [5, 5.41) is 0. The van der Waals surface area contributed by atoms with Crippen LogP contribution < -0.4 is 0 Å². The lowest BCUT2D eigenvalue weighted by Crippen LogP contribution is -2.03. The van der Waals surface area contributed by atoms with Crippen LogP contribution in [0.25, 0.3) is 0 Å². The first-order chi connectivity index (χ1) is 4.43. The minimum Gasteiger partial charge on any atom is -0.343 e. The van der Waals surface area contributed by atoms with E-state index in [1.807, 2.05) is 0 Å². The molecule has 0 bridgehead atoms. The predicted molar refractivity (Wildman–Crippen MR) is 40.6 cm³/mol. The van der Waals surface area contributed by atoms with Crippen LogP contribution in [0.3, 0.4) is 0 Å². The molecule has 0 spiro atoms. The lowest BCUT2D eigenvalue weighted by molar-refractivity contribution is 0.583. The van der Waals surface area contributed by atoms with Crippen molar-refractivity contribution < 1.29 is 0 Å². The van der Waals surface area contributed by atoms with E-state index in [4.69, 9.17) is 0 Å². The Kier molecular flexibility index (Phi) is 2.96. The van der Waals surface area contributed by atoms with Crippen molar-refractivity contribution in [1.29, 1.82) is 0 Å². The van der Waals surface area contributed by atoms with Crippen molar-refractivity contribution in [3.05, 3.63) is 19.3 Å². The minimum absolute atomic E-state index is 1.09. The van der Waals surface area contributed by atoms with Crippen LogP contribution in [-0.4, -0.2) is 0 Å². The second-order valence-electron chi connectivity index (χ2n) is 2.72. The molecule has 0 aromatic carbocycles. The zero-order chi connectivity index (χ0) is 6.53. The minimum atomic E-state index is 1.09. The maximum Gasteiger partial charge on any atom is 0.0880 e. The van der Waals surface area contributed by atoms with Gasteiger partial charge in [-0.15, -0.1) is 0 Å². The quantitative estimate of drug-likeness (QED) is 0.495. The van der Waals surface area contributed by atoms with Crippen molar-refractivity contribution >= 4 is 0 Å². The summed E-state index contributed by atoms with van der Waals surface area (Å²) in [7, 11) is 0. The van der Waals surface area contributed by atoms with Crippen LogP contribution in [0.5, 0.6) is 0 Å². The molecule has 0 unspecified atom stereocenters. The van der Waals surface area contributed by atoms with Crippen molar-refractivity contribution in [3.8, 4) is 0 Å². The highest BCUT2D eigenvalue weighted by atomic mass is 14.2. The maximum absolute atomic E-state index is 3.85. The van der Waals surface area contributed by atoms with Gasteiger partial charge in [-0.2, -0.15) is 6.42 Å². The van der Waals surface area contributed by atoms with Gasteiger partial charge in [0.1, 0.15) is 0 Å². The molecule has 9 heavy (non-hydrogen) atoms. The summed E-state index contributed by atoms with van der Waals surface area (Å²) in [6.45, 7) is 3.85. The fraction of sp³-hybridized carbons (Fsp3) is 0.667. The molecule has 0 N–H and O–H groups in total. The summed E-state index contributed by atoms with van der Waals surface area (Å²) in [5.74, 6) is 1.74. The zero-order valence-electron chi connectivity index (χ0n) is 6.03. The van der Waals surface area contributed by atoms with Crippen molar-refractivity contribution in [3.63, 3.8) is 0 Å². The van der Waals surface area contributed by atoms with Gasteiger partial charge in [-0.1, -0.05) is 6.42 Å². The smallest absolute Gasteiger partial charge is 0.0880 e. The lowest BCUT2D eigenvalue weighted by atomic mass is 9.86. The Morgan fingerprint density at radius 2 is 2.00 bits per heavy atom. The van der Waals surface area contributed by atoms with Gasteiger partial charge in [-0.05, 0) is 18.8 Å². The Hall–Kier alpha value is -0.130. The van der Waals surface area contributed by atoms with Crippen LogP contribution >= 0.6 is 0 Å². The SMILES string of the molecule is [CH2-]CC[C]1CC[CH+]CC1. The Labute approximate surface area is 58.7 Å². The van der Waals surface area contributed by atoms with E-state index < -0.39 is 0 Å². The van der Waals surface area contributed by atoms with E-state index in [0.29, 0.717) is 0 Å². The third kappa shape index (κ3) is 2.30. The molecular weight excluding hydrogens is 108 g/mol. The molecule has 0 saturated heterocycles. The normalized spacial score (nSPS) is 21.4. The average molecular weight is 123 g/mol. The van der Waals surface area contributed by atoms with Crippen molar-refractivity contribution in [2.24, 2.45) is 0 Å². The van der Waals surface area contributed by atoms with E-state index in [9.17, 15) is 0 Å². The van der Waals surface area contributed by atoms with Crippen molar-refractivity contribution in [1.82, 2.24) is 0 Å². The molecule has 1 fully saturated rings. The number of rotatable bonds is 2. The van der Waals surface area contributed by atoms with Crippen LogP contribution in [0.1, 0.15) is 38.5 Å². The summed E-state index contributed by atoms with van der Waals surface area (Å²) in [6, 6.07) is 0. The number of hydrogen-bond acceptors (Lipinski definition) is 0.